The second kappa shape index (κ2) is 7.89. The third-order valence-electron chi connectivity index (χ3n) is 3.14. The average Bonchev–Trinajstić information content (AvgIpc) is 2.51. The highest BCUT2D eigenvalue weighted by Crippen LogP contribution is 2.29. The van der Waals surface area contributed by atoms with E-state index < -0.39 is 18.1 Å². The summed E-state index contributed by atoms with van der Waals surface area (Å²) in [5, 5.41) is 3.12. The summed E-state index contributed by atoms with van der Waals surface area (Å²) >= 11 is 11.7. The standard InChI is InChI=1S/C17H15Cl2F2NO3/c1-17(2,25-12-6-3-10(18)4-7-12)15(23)22-11-5-8-14(13(19)9-11)24-16(20)21/h3-9,16H,1-2H3,(H,22,23). The molecular weight excluding hydrogens is 375 g/mol. The highest BCUT2D eigenvalue weighted by molar-refractivity contribution is 6.32. The van der Waals surface area contributed by atoms with E-state index in [0.29, 0.717) is 16.5 Å². The van der Waals surface area contributed by atoms with Gasteiger partial charge in [-0.3, -0.25) is 4.79 Å². The van der Waals surface area contributed by atoms with Crippen LogP contribution in [-0.4, -0.2) is 18.1 Å². The molecule has 0 spiro atoms. The molecule has 0 bridgehead atoms. The van der Waals surface area contributed by atoms with Crippen molar-refractivity contribution < 1.29 is 23.0 Å². The van der Waals surface area contributed by atoms with E-state index in [1.807, 2.05) is 0 Å². The van der Waals surface area contributed by atoms with Crippen molar-refractivity contribution in [3.8, 4) is 11.5 Å². The molecule has 2 rings (SSSR count). The fourth-order valence-corrected chi connectivity index (χ4v) is 2.25. The number of hydrogen-bond donors (Lipinski definition) is 1. The highest BCUT2D eigenvalue weighted by atomic mass is 35.5. The summed E-state index contributed by atoms with van der Waals surface area (Å²) in [4.78, 5) is 12.4. The molecule has 0 aromatic heterocycles. The molecule has 0 aliphatic rings. The van der Waals surface area contributed by atoms with Gasteiger partial charge in [0, 0.05) is 10.7 Å². The van der Waals surface area contributed by atoms with Gasteiger partial charge in [-0.2, -0.15) is 8.78 Å². The van der Waals surface area contributed by atoms with Crippen LogP contribution in [0.2, 0.25) is 10.0 Å². The van der Waals surface area contributed by atoms with Gasteiger partial charge in [-0.15, -0.1) is 0 Å². The normalized spacial score (nSPS) is 11.3. The molecule has 1 amide bonds. The van der Waals surface area contributed by atoms with Crippen molar-refractivity contribution in [1.82, 2.24) is 0 Å². The number of nitrogens with one attached hydrogen (secondary N) is 1. The van der Waals surface area contributed by atoms with Gasteiger partial charge in [-0.25, -0.2) is 0 Å². The van der Waals surface area contributed by atoms with Gasteiger partial charge in [0.05, 0.1) is 5.02 Å². The van der Waals surface area contributed by atoms with Crippen LogP contribution in [0, 0.1) is 0 Å². The van der Waals surface area contributed by atoms with Gasteiger partial charge >= 0.3 is 6.61 Å². The summed E-state index contributed by atoms with van der Waals surface area (Å²) in [6.45, 7) is 0.198. The number of benzene rings is 2. The molecule has 1 N–H and O–H groups in total. The first-order valence-corrected chi connectivity index (χ1v) is 7.93. The van der Waals surface area contributed by atoms with Crippen LogP contribution in [0.15, 0.2) is 42.5 Å². The van der Waals surface area contributed by atoms with E-state index in [0.717, 1.165) is 0 Å². The van der Waals surface area contributed by atoms with E-state index >= 15 is 0 Å². The van der Waals surface area contributed by atoms with E-state index in [1.54, 1.807) is 38.1 Å². The summed E-state index contributed by atoms with van der Waals surface area (Å²) in [6.07, 6.45) is 0. The summed E-state index contributed by atoms with van der Waals surface area (Å²) in [5.41, 5.74) is -0.872. The van der Waals surface area contributed by atoms with Crippen LogP contribution in [0.5, 0.6) is 11.5 Å². The Balaban J connectivity index is 2.07. The molecule has 25 heavy (non-hydrogen) atoms. The number of carbonyl (C=O) groups excluding carboxylic acids is 1. The maximum atomic E-state index is 12.4. The SMILES string of the molecule is CC(C)(Oc1ccc(Cl)cc1)C(=O)Nc1ccc(OC(F)F)c(Cl)c1. The number of halogens is 4. The Morgan fingerprint density at radius 2 is 1.76 bits per heavy atom. The van der Waals surface area contributed by atoms with Crippen LogP contribution in [0.4, 0.5) is 14.5 Å². The number of anilines is 1. The quantitative estimate of drug-likeness (QED) is 0.720. The van der Waals surface area contributed by atoms with Gasteiger partial charge in [-0.05, 0) is 56.3 Å². The second-order valence-electron chi connectivity index (χ2n) is 5.54. The van der Waals surface area contributed by atoms with Crippen LogP contribution < -0.4 is 14.8 Å². The van der Waals surface area contributed by atoms with Gasteiger partial charge in [0.25, 0.3) is 5.91 Å². The minimum absolute atomic E-state index is 0.0467. The molecule has 0 heterocycles. The predicted octanol–water partition coefficient (Wildman–Crippen LogP) is 5.39. The Labute approximate surface area is 153 Å². The lowest BCUT2D eigenvalue weighted by atomic mass is 10.1. The van der Waals surface area contributed by atoms with Gasteiger partial charge in [0.2, 0.25) is 0 Å². The Bertz CT molecular complexity index is 752. The maximum Gasteiger partial charge on any atom is 0.387 e. The Kier molecular flexibility index (Phi) is 6.08. The molecule has 2 aromatic carbocycles. The first-order valence-electron chi connectivity index (χ1n) is 7.18. The molecule has 0 aliphatic heterocycles. The summed E-state index contributed by atoms with van der Waals surface area (Å²) in [6, 6.07) is 10.5. The van der Waals surface area contributed by atoms with Crippen LogP contribution in [0.3, 0.4) is 0 Å². The number of carbonyl (C=O) groups is 1. The molecule has 4 nitrogen and oxygen atoms in total. The fraction of sp³-hybridized carbons (Fsp3) is 0.235. The topological polar surface area (TPSA) is 47.6 Å². The smallest absolute Gasteiger partial charge is 0.387 e. The van der Waals surface area contributed by atoms with Crippen molar-refractivity contribution in [3.05, 3.63) is 52.5 Å². The molecule has 8 heteroatoms. The first-order chi connectivity index (χ1) is 11.7. The van der Waals surface area contributed by atoms with Crippen LogP contribution in [-0.2, 0) is 4.79 Å². The van der Waals surface area contributed by atoms with Gasteiger partial charge in [-0.1, -0.05) is 23.2 Å². The molecule has 0 unspecified atom stereocenters. The lowest BCUT2D eigenvalue weighted by Gasteiger charge is -2.25. The molecule has 0 atom stereocenters. The first kappa shape index (κ1) is 19.3. The lowest BCUT2D eigenvalue weighted by Crippen LogP contribution is -2.42. The minimum atomic E-state index is -2.98. The Morgan fingerprint density at radius 3 is 2.32 bits per heavy atom. The van der Waals surface area contributed by atoms with Gasteiger partial charge in [0.15, 0.2) is 5.60 Å². The average molecular weight is 390 g/mol. The van der Waals surface area contributed by atoms with Gasteiger partial charge in [0.1, 0.15) is 11.5 Å². The molecule has 134 valence electrons. The highest BCUT2D eigenvalue weighted by Gasteiger charge is 2.30. The molecular formula is C17H15Cl2F2NO3. The Morgan fingerprint density at radius 1 is 1.12 bits per heavy atom. The maximum absolute atomic E-state index is 12.4. The zero-order chi connectivity index (χ0) is 18.6. The van der Waals surface area contributed by atoms with E-state index in [9.17, 15) is 13.6 Å². The zero-order valence-electron chi connectivity index (χ0n) is 13.4. The zero-order valence-corrected chi connectivity index (χ0v) is 14.9. The van der Waals surface area contributed by atoms with E-state index in [2.05, 4.69) is 10.1 Å². The predicted molar refractivity (Wildman–Crippen MR) is 92.9 cm³/mol. The van der Waals surface area contributed by atoms with E-state index in [4.69, 9.17) is 27.9 Å². The van der Waals surface area contributed by atoms with Crippen LogP contribution >= 0.6 is 23.2 Å². The van der Waals surface area contributed by atoms with E-state index in [-0.39, 0.29) is 10.8 Å². The third kappa shape index (κ3) is 5.47. The fourth-order valence-electron chi connectivity index (χ4n) is 1.90. The van der Waals surface area contributed by atoms with Crippen molar-refractivity contribution in [3.63, 3.8) is 0 Å². The molecule has 0 saturated heterocycles. The summed E-state index contributed by atoms with van der Waals surface area (Å²) in [7, 11) is 0. The second-order valence-corrected chi connectivity index (χ2v) is 6.39. The van der Waals surface area contributed by atoms with Crippen LogP contribution in [0.1, 0.15) is 13.8 Å². The number of ether oxygens (including phenoxy) is 2. The van der Waals surface area contributed by atoms with Gasteiger partial charge < -0.3 is 14.8 Å². The molecule has 0 saturated carbocycles. The lowest BCUT2D eigenvalue weighted by molar-refractivity contribution is -0.128. The third-order valence-corrected chi connectivity index (χ3v) is 3.69. The number of alkyl halides is 2. The van der Waals surface area contributed by atoms with Crippen molar-refractivity contribution in [2.75, 3.05) is 5.32 Å². The largest absolute Gasteiger partial charge is 0.478 e. The monoisotopic (exact) mass is 389 g/mol. The van der Waals surface area contributed by atoms with Crippen LogP contribution in [0.25, 0.3) is 0 Å². The number of hydrogen-bond acceptors (Lipinski definition) is 3. The number of amides is 1. The number of rotatable bonds is 6. The van der Waals surface area contributed by atoms with Crippen molar-refractivity contribution in [1.29, 1.82) is 0 Å². The van der Waals surface area contributed by atoms with Crippen molar-refractivity contribution in [2.24, 2.45) is 0 Å². The minimum Gasteiger partial charge on any atom is -0.478 e. The van der Waals surface area contributed by atoms with Crippen molar-refractivity contribution in [2.45, 2.75) is 26.1 Å². The Hall–Kier alpha value is -2.05. The molecule has 2 aromatic rings. The summed E-state index contributed by atoms with van der Waals surface area (Å²) < 4.78 is 34.4. The van der Waals surface area contributed by atoms with Crippen molar-refractivity contribution >= 4 is 34.8 Å². The molecule has 0 aliphatic carbocycles. The summed E-state index contributed by atoms with van der Waals surface area (Å²) in [5.74, 6) is -0.143. The van der Waals surface area contributed by atoms with E-state index in [1.165, 1.54) is 18.2 Å². The molecule has 0 fully saturated rings. The molecule has 0 radical (unpaired) electrons.